The smallest absolute Gasteiger partial charge is 0.161 e. The first-order chi connectivity index (χ1) is 18.8. The van der Waals surface area contributed by atoms with Crippen LogP contribution in [0.2, 0.25) is 5.54 Å². The normalized spacial score (nSPS) is 14.3. The van der Waals surface area contributed by atoms with Crippen LogP contribution in [-0.2, 0) is 0 Å². The topological polar surface area (TPSA) is 27.7 Å². The standard InChI is InChI=1S/C36H46O3Si/c1-20-14-30(37-11)15-21(2)33(20)40(36-28(9)26(7)27(8)29(36)10,34-22(3)16-31(38-12)17-23(34)4)35-24(5)18-32(39-13)19-25(35)6/h14-19,36H,1-13H3. The molecule has 0 atom stereocenters. The van der Waals surface area contributed by atoms with Crippen LogP contribution < -0.4 is 29.8 Å². The summed E-state index contributed by atoms with van der Waals surface area (Å²) in [6.07, 6.45) is 0. The first-order valence-electron chi connectivity index (χ1n) is 14.2. The lowest BCUT2D eigenvalue weighted by atomic mass is 10.1. The van der Waals surface area contributed by atoms with E-state index in [2.05, 4.69) is 106 Å². The van der Waals surface area contributed by atoms with Gasteiger partial charge in [-0.2, -0.15) is 0 Å². The Morgan fingerprint density at radius 2 is 0.650 bits per heavy atom. The fourth-order valence-electron chi connectivity index (χ4n) is 7.80. The van der Waals surface area contributed by atoms with Crippen molar-refractivity contribution in [2.75, 3.05) is 21.3 Å². The third kappa shape index (κ3) is 4.41. The summed E-state index contributed by atoms with van der Waals surface area (Å²) in [4.78, 5) is 0. The third-order valence-electron chi connectivity index (χ3n) is 9.45. The number of hydrogen-bond donors (Lipinski definition) is 0. The van der Waals surface area contributed by atoms with Gasteiger partial charge in [-0.25, -0.2) is 0 Å². The molecule has 4 rings (SSSR count). The van der Waals surface area contributed by atoms with E-state index in [1.54, 1.807) is 21.3 Å². The first-order valence-corrected chi connectivity index (χ1v) is 16.2. The molecule has 0 spiro atoms. The van der Waals surface area contributed by atoms with Gasteiger partial charge in [-0.3, -0.25) is 0 Å². The number of ether oxygens (including phenoxy) is 3. The molecule has 0 saturated carbocycles. The Hall–Kier alpha value is -3.24. The maximum Gasteiger partial charge on any atom is 0.161 e. The molecule has 40 heavy (non-hydrogen) atoms. The van der Waals surface area contributed by atoms with Crippen molar-refractivity contribution >= 4 is 23.6 Å². The fourth-order valence-corrected chi connectivity index (χ4v) is 15.3. The molecule has 0 aliphatic heterocycles. The highest BCUT2D eigenvalue weighted by Gasteiger charge is 2.54. The highest BCUT2D eigenvalue weighted by Crippen LogP contribution is 2.48. The van der Waals surface area contributed by atoms with Crippen molar-refractivity contribution in [2.45, 2.75) is 74.8 Å². The van der Waals surface area contributed by atoms with Crippen LogP contribution in [0.4, 0.5) is 0 Å². The monoisotopic (exact) mass is 554 g/mol. The molecule has 212 valence electrons. The summed E-state index contributed by atoms with van der Waals surface area (Å²) in [6.45, 7) is 23.0. The third-order valence-corrected chi connectivity index (χ3v) is 15.9. The van der Waals surface area contributed by atoms with Gasteiger partial charge in [0, 0.05) is 5.54 Å². The molecule has 0 heterocycles. The van der Waals surface area contributed by atoms with Crippen molar-refractivity contribution < 1.29 is 14.2 Å². The zero-order valence-corrected chi connectivity index (χ0v) is 27.8. The molecule has 0 unspecified atom stereocenters. The summed E-state index contributed by atoms with van der Waals surface area (Å²) in [5, 5.41) is 4.44. The average molecular weight is 555 g/mol. The molecule has 1 aliphatic carbocycles. The lowest BCUT2D eigenvalue weighted by Gasteiger charge is -2.46. The number of hydrogen-bond acceptors (Lipinski definition) is 3. The van der Waals surface area contributed by atoms with Gasteiger partial charge >= 0.3 is 0 Å². The minimum atomic E-state index is -2.86. The Morgan fingerprint density at radius 1 is 0.425 bits per heavy atom. The molecule has 3 nitrogen and oxygen atoms in total. The van der Waals surface area contributed by atoms with Crippen LogP contribution in [0.15, 0.2) is 58.7 Å². The van der Waals surface area contributed by atoms with E-state index in [9.17, 15) is 0 Å². The van der Waals surface area contributed by atoms with E-state index in [1.165, 1.54) is 71.2 Å². The summed E-state index contributed by atoms with van der Waals surface area (Å²) in [6, 6.07) is 13.4. The second-order valence-corrected chi connectivity index (χ2v) is 15.5. The highest BCUT2D eigenvalue weighted by atomic mass is 28.3. The Morgan fingerprint density at radius 3 is 0.850 bits per heavy atom. The summed E-state index contributed by atoms with van der Waals surface area (Å²) >= 11 is 0. The van der Waals surface area contributed by atoms with E-state index in [-0.39, 0.29) is 5.54 Å². The first kappa shape index (κ1) is 29.7. The van der Waals surface area contributed by atoms with Gasteiger partial charge in [0.25, 0.3) is 0 Å². The van der Waals surface area contributed by atoms with E-state index >= 15 is 0 Å². The fraction of sp³-hybridized carbons (Fsp3) is 0.389. The van der Waals surface area contributed by atoms with E-state index in [0.717, 1.165) is 17.2 Å². The zero-order chi connectivity index (χ0) is 29.7. The number of aryl methyl sites for hydroxylation is 6. The van der Waals surface area contributed by atoms with Crippen LogP contribution in [0.5, 0.6) is 17.2 Å². The van der Waals surface area contributed by atoms with Gasteiger partial charge in [0.2, 0.25) is 0 Å². The van der Waals surface area contributed by atoms with Gasteiger partial charge in [-0.15, -0.1) is 0 Å². The molecule has 0 bridgehead atoms. The Labute approximate surface area is 242 Å². The van der Waals surface area contributed by atoms with Crippen molar-refractivity contribution in [1.29, 1.82) is 0 Å². The van der Waals surface area contributed by atoms with E-state index in [0.29, 0.717) is 0 Å². The largest absolute Gasteiger partial charge is 0.497 e. The molecule has 3 aromatic carbocycles. The van der Waals surface area contributed by atoms with Crippen LogP contribution in [0, 0.1) is 41.5 Å². The number of benzene rings is 3. The van der Waals surface area contributed by atoms with Crippen molar-refractivity contribution in [3.8, 4) is 17.2 Å². The van der Waals surface area contributed by atoms with Gasteiger partial charge in [-0.05, 0) is 166 Å². The zero-order valence-electron chi connectivity index (χ0n) is 26.8. The lowest BCUT2D eigenvalue weighted by Crippen LogP contribution is -2.73. The quantitative estimate of drug-likeness (QED) is 0.231. The van der Waals surface area contributed by atoms with Gasteiger partial charge in [0.05, 0.1) is 21.3 Å². The number of rotatable bonds is 7. The molecule has 4 heteroatoms. The number of methoxy groups -OCH3 is 3. The molecular formula is C36H46O3Si. The van der Waals surface area contributed by atoms with Gasteiger partial charge in [0.1, 0.15) is 17.2 Å². The second-order valence-electron chi connectivity index (χ2n) is 11.8. The molecule has 1 aliphatic rings. The minimum Gasteiger partial charge on any atom is -0.497 e. The molecule has 0 radical (unpaired) electrons. The molecule has 0 aromatic heterocycles. The van der Waals surface area contributed by atoms with E-state index in [1.807, 2.05) is 0 Å². The Bertz CT molecular complexity index is 1320. The van der Waals surface area contributed by atoms with Gasteiger partial charge < -0.3 is 14.2 Å². The Kier molecular flexibility index (Phi) is 8.15. The molecule has 0 amide bonds. The molecule has 3 aromatic rings. The van der Waals surface area contributed by atoms with Crippen molar-refractivity contribution in [1.82, 2.24) is 0 Å². The van der Waals surface area contributed by atoms with Crippen LogP contribution in [0.3, 0.4) is 0 Å². The van der Waals surface area contributed by atoms with Gasteiger partial charge in [-0.1, -0.05) is 11.1 Å². The van der Waals surface area contributed by atoms with Crippen molar-refractivity contribution in [3.05, 3.63) is 92.1 Å². The van der Waals surface area contributed by atoms with Crippen LogP contribution in [0.25, 0.3) is 0 Å². The average Bonchev–Trinajstić information content (AvgIpc) is 3.08. The maximum absolute atomic E-state index is 5.78. The van der Waals surface area contributed by atoms with Crippen molar-refractivity contribution in [3.63, 3.8) is 0 Å². The molecule has 0 N–H and O–H groups in total. The maximum atomic E-state index is 5.78. The minimum absolute atomic E-state index is 0.273. The highest BCUT2D eigenvalue weighted by molar-refractivity contribution is 7.14. The predicted molar refractivity (Wildman–Crippen MR) is 173 cm³/mol. The number of allylic oxidation sites excluding steroid dienone is 4. The summed E-state index contributed by atoms with van der Waals surface area (Å²) < 4.78 is 17.3. The van der Waals surface area contributed by atoms with Crippen LogP contribution in [-0.4, -0.2) is 29.4 Å². The molecule has 0 fully saturated rings. The van der Waals surface area contributed by atoms with Crippen LogP contribution >= 0.6 is 0 Å². The summed E-state index contributed by atoms with van der Waals surface area (Å²) in [5.41, 5.74) is 13.8. The van der Waals surface area contributed by atoms with Gasteiger partial charge in [0.15, 0.2) is 8.07 Å². The predicted octanol–water partition coefficient (Wildman–Crippen LogP) is 7.09. The van der Waals surface area contributed by atoms with Crippen LogP contribution in [0.1, 0.15) is 61.1 Å². The summed E-state index contributed by atoms with van der Waals surface area (Å²) in [5.74, 6) is 2.73. The summed E-state index contributed by atoms with van der Waals surface area (Å²) in [7, 11) is 2.43. The molecule has 0 saturated heterocycles. The van der Waals surface area contributed by atoms with E-state index < -0.39 is 8.07 Å². The SMILES string of the molecule is COc1cc(C)c([Si](c2c(C)cc(OC)cc2C)(c2c(C)cc(OC)cc2C)C2C(C)=C(C)C(C)=C2C)c(C)c1. The van der Waals surface area contributed by atoms with E-state index in [4.69, 9.17) is 14.2 Å². The molecular weight excluding hydrogens is 508 g/mol. The Balaban J connectivity index is 2.39. The van der Waals surface area contributed by atoms with Crippen molar-refractivity contribution in [2.24, 2.45) is 0 Å². The lowest BCUT2D eigenvalue weighted by molar-refractivity contribution is 0.414. The second kappa shape index (κ2) is 11.0.